The fourth-order valence-corrected chi connectivity index (χ4v) is 4.01. The van der Waals surface area contributed by atoms with E-state index in [9.17, 15) is 10.1 Å². The number of aromatic amines is 1. The van der Waals surface area contributed by atoms with Crippen LogP contribution >= 0.6 is 0 Å². The van der Waals surface area contributed by atoms with E-state index in [0.717, 1.165) is 34.0 Å². The molecule has 2 aromatic carbocycles. The van der Waals surface area contributed by atoms with Crippen LogP contribution in [0.4, 0.5) is 11.4 Å². The largest absolute Gasteiger partial charge is 0.485 e. The van der Waals surface area contributed by atoms with E-state index in [-0.39, 0.29) is 10.6 Å². The lowest BCUT2D eigenvalue weighted by molar-refractivity contribution is -0.386. The summed E-state index contributed by atoms with van der Waals surface area (Å²) in [5.41, 5.74) is 4.91. The number of nitrogens with zero attached hydrogens (tertiary/aromatic N) is 2. The van der Waals surface area contributed by atoms with E-state index in [1.807, 2.05) is 45.0 Å². The molecule has 0 aliphatic carbocycles. The highest BCUT2D eigenvalue weighted by Crippen LogP contribution is 2.45. The van der Waals surface area contributed by atoms with Gasteiger partial charge in [-0.25, -0.2) is 4.98 Å². The Labute approximate surface area is 169 Å². The highest BCUT2D eigenvalue weighted by molar-refractivity contribution is 5.64. The first kappa shape index (κ1) is 19.0. The first-order valence-electron chi connectivity index (χ1n) is 9.59. The molecule has 150 valence electrons. The minimum absolute atomic E-state index is 0.204. The van der Waals surface area contributed by atoms with Gasteiger partial charge in [0.05, 0.1) is 11.5 Å². The van der Waals surface area contributed by atoms with Crippen molar-refractivity contribution in [3.63, 3.8) is 0 Å². The zero-order valence-corrected chi connectivity index (χ0v) is 17.0. The van der Waals surface area contributed by atoms with E-state index in [2.05, 4.69) is 15.3 Å². The number of anilines is 1. The number of fused-ring (bicyclic) bond motifs is 1. The number of nitro groups is 1. The van der Waals surface area contributed by atoms with Gasteiger partial charge in [-0.05, 0) is 52.0 Å². The van der Waals surface area contributed by atoms with Gasteiger partial charge in [-0.2, -0.15) is 0 Å². The molecule has 2 heterocycles. The van der Waals surface area contributed by atoms with E-state index in [4.69, 9.17) is 4.74 Å². The van der Waals surface area contributed by atoms with Crippen LogP contribution in [0.25, 0.3) is 11.4 Å². The number of ether oxygens (including phenoxy) is 1. The maximum atomic E-state index is 11.5. The summed E-state index contributed by atoms with van der Waals surface area (Å²) in [6.45, 7) is 8.13. The predicted octanol–water partition coefficient (Wildman–Crippen LogP) is 4.72. The summed E-state index contributed by atoms with van der Waals surface area (Å²) < 4.78 is 6.33. The number of hydrogen-bond donors (Lipinski definition) is 2. The second-order valence-corrected chi connectivity index (χ2v) is 7.89. The summed E-state index contributed by atoms with van der Waals surface area (Å²) in [4.78, 5) is 18.6. The Morgan fingerprint density at radius 2 is 1.93 bits per heavy atom. The van der Waals surface area contributed by atoms with Gasteiger partial charge < -0.3 is 15.0 Å². The van der Waals surface area contributed by atoms with Crippen LogP contribution in [-0.4, -0.2) is 27.0 Å². The summed E-state index contributed by atoms with van der Waals surface area (Å²) in [6.07, 6.45) is 4.16. The van der Waals surface area contributed by atoms with E-state index in [1.165, 1.54) is 0 Å². The summed E-state index contributed by atoms with van der Waals surface area (Å²) >= 11 is 0. The Morgan fingerprint density at radius 3 is 2.55 bits per heavy atom. The predicted molar refractivity (Wildman–Crippen MR) is 113 cm³/mol. The van der Waals surface area contributed by atoms with Gasteiger partial charge in [-0.1, -0.05) is 0 Å². The molecule has 1 unspecified atom stereocenters. The molecule has 7 heteroatoms. The average molecular weight is 392 g/mol. The van der Waals surface area contributed by atoms with Crippen molar-refractivity contribution in [3.05, 3.63) is 69.0 Å². The van der Waals surface area contributed by atoms with Gasteiger partial charge in [-0.3, -0.25) is 10.1 Å². The van der Waals surface area contributed by atoms with Gasteiger partial charge in [0.2, 0.25) is 0 Å². The van der Waals surface area contributed by atoms with Gasteiger partial charge in [0.25, 0.3) is 5.69 Å². The summed E-state index contributed by atoms with van der Waals surface area (Å²) in [7, 11) is 0. The number of H-pyrrole nitrogens is 1. The lowest BCUT2D eigenvalue weighted by Gasteiger charge is -2.25. The molecule has 1 atom stereocenters. The Balaban J connectivity index is 1.52. The first-order chi connectivity index (χ1) is 13.8. The van der Waals surface area contributed by atoms with Crippen molar-refractivity contribution >= 4 is 11.4 Å². The Kier molecular flexibility index (Phi) is 4.53. The van der Waals surface area contributed by atoms with Crippen LogP contribution in [0.5, 0.6) is 5.75 Å². The highest BCUT2D eigenvalue weighted by atomic mass is 16.6. The molecule has 7 nitrogen and oxygen atoms in total. The fraction of sp³-hybridized carbons (Fsp3) is 0.318. The SMILES string of the molecule is Cc1c(C)c([N+](=O)[O-])c(C)c2c1OC(C)(CNc1ccc(-c3ncc[nH]3)cc1)C2. The van der Waals surface area contributed by atoms with Crippen molar-refractivity contribution in [1.82, 2.24) is 9.97 Å². The lowest BCUT2D eigenvalue weighted by Crippen LogP contribution is -2.38. The van der Waals surface area contributed by atoms with Crippen LogP contribution in [0.3, 0.4) is 0 Å². The normalized spacial score (nSPS) is 17.7. The van der Waals surface area contributed by atoms with Gasteiger partial charge in [0.1, 0.15) is 17.2 Å². The average Bonchev–Trinajstić information content (AvgIpc) is 3.34. The summed E-state index contributed by atoms with van der Waals surface area (Å²) in [5.74, 6) is 1.63. The Hall–Kier alpha value is -3.35. The number of aromatic nitrogens is 2. The second kappa shape index (κ2) is 6.92. The molecule has 2 N–H and O–H groups in total. The minimum atomic E-state index is -0.473. The maximum Gasteiger partial charge on any atom is 0.275 e. The third-order valence-electron chi connectivity index (χ3n) is 5.75. The summed E-state index contributed by atoms with van der Waals surface area (Å²) in [5, 5.41) is 15.0. The molecular weight excluding hydrogens is 368 g/mol. The topological polar surface area (TPSA) is 93.1 Å². The third-order valence-corrected chi connectivity index (χ3v) is 5.75. The van der Waals surface area contributed by atoms with E-state index < -0.39 is 5.60 Å². The van der Waals surface area contributed by atoms with Gasteiger partial charge in [0, 0.05) is 52.3 Å². The van der Waals surface area contributed by atoms with Crippen molar-refractivity contribution < 1.29 is 9.66 Å². The van der Waals surface area contributed by atoms with Crippen LogP contribution in [0.2, 0.25) is 0 Å². The van der Waals surface area contributed by atoms with Crippen LogP contribution in [0.1, 0.15) is 29.2 Å². The highest BCUT2D eigenvalue weighted by Gasteiger charge is 2.39. The number of nitrogens with one attached hydrogen (secondary N) is 2. The number of imidazole rings is 1. The molecule has 0 amide bonds. The fourth-order valence-electron chi connectivity index (χ4n) is 4.01. The monoisotopic (exact) mass is 392 g/mol. The molecule has 0 fully saturated rings. The Bertz CT molecular complexity index is 1070. The summed E-state index contributed by atoms with van der Waals surface area (Å²) in [6, 6.07) is 8.03. The first-order valence-corrected chi connectivity index (χ1v) is 9.59. The molecule has 1 aliphatic rings. The van der Waals surface area contributed by atoms with Crippen molar-refractivity contribution in [2.75, 3.05) is 11.9 Å². The second-order valence-electron chi connectivity index (χ2n) is 7.89. The molecule has 29 heavy (non-hydrogen) atoms. The zero-order valence-electron chi connectivity index (χ0n) is 17.0. The van der Waals surface area contributed by atoms with Crippen LogP contribution in [-0.2, 0) is 6.42 Å². The smallest absolute Gasteiger partial charge is 0.275 e. The maximum absolute atomic E-state index is 11.5. The number of rotatable bonds is 5. The molecule has 1 aliphatic heterocycles. The zero-order chi connectivity index (χ0) is 20.8. The van der Waals surface area contributed by atoms with E-state index >= 15 is 0 Å². The van der Waals surface area contributed by atoms with Crippen molar-refractivity contribution in [2.24, 2.45) is 0 Å². The van der Waals surface area contributed by atoms with Crippen molar-refractivity contribution in [3.8, 4) is 17.1 Å². The quantitative estimate of drug-likeness (QED) is 0.484. The van der Waals surface area contributed by atoms with Crippen LogP contribution in [0, 0.1) is 30.9 Å². The molecule has 0 saturated carbocycles. The van der Waals surface area contributed by atoms with E-state index in [1.54, 1.807) is 19.3 Å². The van der Waals surface area contributed by atoms with Crippen LogP contribution in [0.15, 0.2) is 36.7 Å². The van der Waals surface area contributed by atoms with Gasteiger partial charge in [-0.15, -0.1) is 0 Å². The molecule has 1 aromatic heterocycles. The van der Waals surface area contributed by atoms with Crippen molar-refractivity contribution in [1.29, 1.82) is 0 Å². The molecular formula is C22H24N4O3. The molecule has 0 spiro atoms. The minimum Gasteiger partial charge on any atom is -0.485 e. The Morgan fingerprint density at radius 1 is 1.21 bits per heavy atom. The number of hydrogen-bond acceptors (Lipinski definition) is 5. The molecule has 0 saturated heterocycles. The molecule has 4 rings (SSSR count). The molecule has 0 bridgehead atoms. The standard InChI is InChI=1S/C22H24N4O3/c1-13-14(2)20-18(15(3)19(13)26(27)28)11-22(4,29-20)12-25-17-7-5-16(6-8-17)21-23-9-10-24-21/h5-10,25H,11-12H2,1-4H3,(H,23,24). The number of nitro benzene ring substituents is 1. The van der Waals surface area contributed by atoms with Crippen LogP contribution < -0.4 is 10.1 Å². The molecule has 3 aromatic rings. The van der Waals surface area contributed by atoms with E-state index in [0.29, 0.717) is 24.1 Å². The third kappa shape index (κ3) is 3.33. The van der Waals surface area contributed by atoms with Crippen molar-refractivity contribution in [2.45, 2.75) is 39.7 Å². The molecule has 0 radical (unpaired) electrons. The van der Waals surface area contributed by atoms with Gasteiger partial charge >= 0.3 is 0 Å². The van der Waals surface area contributed by atoms with Gasteiger partial charge in [0.15, 0.2) is 0 Å². The number of benzene rings is 2. The lowest BCUT2D eigenvalue weighted by atomic mass is 9.92.